The Morgan fingerprint density at radius 1 is 0.976 bits per heavy atom. The molecule has 15 nitrogen and oxygen atoms in total. The molecule has 4 aromatic rings. The topological polar surface area (TPSA) is 236 Å². The van der Waals surface area contributed by atoms with Crippen molar-refractivity contribution in [1.82, 2.24) is 25.3 Å². The molecule has 0 bridgehead atoms. The van der Waals surface area contributed by atoms with Crippen LogP contribution in [0, 0.1) is 5.53 Å². The summed E-state index contributed by atoms with van der Waals surface area (Å²) in [5.41, 5.74) is 8.40. The number of hydrogen-bond donors (Lipinski definition) is 7. The van der Waals surface area contributed by atoms with Crippen LogP contribution in [0.1, 0.15) is 43.7 Å². The molecule has 0 saturated carbocycles. The standard InChI is InChI=1S/C26H22N8O7/c1-2-28-24(37)13-7-18(20(31-27)11-29-14-3-5-16(25(38)39)22(35)9-14)30-19(8-13)21-12-34(33-32-21)15-4-6-17(26(40)41)23(36)10-15/h3-12,27,29,35-36H,2H2,1H3,(H,28,37)(H,38,39)(H,40,41)/b20-11-,31-27?. The minimum Gasteiger partial charge on any atom is -0.507 e. The number of nitrogens with zero attached hydrogens (tertiary/aromatic N) is 5. The molecule has 1 amide bonds. The van der Waals surface area contributed by atoms with Crippen molar-refractivity contribution in [3.63, 3.8) is 0 Å². The Hall–Kier alpha value is -6.12. The van der Waals surface area contributed by atoms with E-state index in [4.69, 9.17) is 15.7 Å². The van der Waals surface area contributed by atoms with Crippen molar-refractivity contribution in [2.45, 2.75) is 6.92 Å². The second kappa shape index (κ2) is 11.7. The van der Waals surface area contributed by atoms with E-state index in [0.29, 0.717) is 17.9 Å². The van der Waals surface area contributed by atoms with E-state index < -0.39 is 29.3 Å². The SMILES string of the molecule is CCNC(=O)c1cc(/C(=C/Nc2ccc(C(=O)O)c(O)c2)N=N)nc(-c2cn(-c3ccc(C(=O)O)c(O)c3)nn2)c1. The Kier molecular flexibility index (Phi) is 7.98. The van der Waals surface area contributed by atoms with Gasteiger partial charge >= 0.3 is 11.9 Å². The van der Waals surface area contributed by atoms with E-state index in [0.717, 1.165) is 0 Å². The Balaban J connectivity index is 1.72. The van der Waals surface area contributed by atoms with Crippen LogP contribution in [0.15, 0.2) is 66.0 Å². The molecule has 7 N–H and O–H groups in total. The van der Waals surface area contributed by atoms with Crippen molar-refractivity contribution >= 4 is 29.2 Å². The summed E-state index contributed by atoms with van der Waals surface area (Å²) in [4.78, 5) is 39.5. The molecule has 208 valence electrons. The summed E-state index contributed by atoms with van der Waals surface area (Å²) in [6.07, 6.45) is 2.74. The fourth-order valence-corrected chi connectivity index (χ4v) is 3.65. The third-order valence-corrected chi connectivity index (χ3v) is 5.64. The van der Waals surface area contributed by atoms with E-state index >= 15 is 0 Å². The van der Waals surface area contributed by atoms with Gasteiger partial charge in [0.2, 0.25) is 0 Å². The first kappa shape index (κ1) is 27.9. The van der Waals surface area contributed by atoms with Crippen molar-refractivity contribution in [2.75, 3.05) is 11.9 Å². The van der Waals surface area contributed by atoms with Crippen LogP contribution in [-0.4, -0.2) is 64.8 Å². The van der Waals surface area contributed by atoms with Crippen LogP contribution in [0.5, 0.6) is 11.5 Å². The molecule has 2 aromatic heterocycles. The van der Waals surface area contributed by atoms with Gasteiger partial charge in [-0.15, -0.1) is 5.10 Å². The Bertz CT molecular complexity index is 1710. The number of aromatic hydroxyl groups is 2. The summed E-state index contributed by atoms with van der Waals surface area (Å²) in [5.74, 6) is -3.94. The highest BCUT2D eigenvalue weighted by atomic mass is 16.4. The highest BCUT2D eigenvalue weighted by Gasteiger charge is 2.17. The summed E-state index contributed by atoms with van der Waals surface area (Å²) in [6, 6.07) is 10.5. The highest BCUT2D eigenvalue weighted by Crippen LogP contribution is 2.26. The van der Waals surface area contributed by atoms with Crippen LogP contribution in [0.3, 0.4) is 0 Å². The molecule has 0 aliphatic heterocycles. The van der Waals surface area contributed by atoms with Crippen LogP contribution in [0.2, 0.25) is 0 Å². The average molecular weight is 559 g/mol. The Labute approximate surface area is 230 Å². The quantitative estimate of drug-likeness (QED) is 0.139. The van der Waals surface area contributed by atoms with Gasteiger partial charge in [-0.25, -0.2) is 24.8 Å². The Morgan fingerprint density at radius 2 is 1.66 bits per heavy atom. The predicted octanol–water partition coefficient (Wildman–Crippen LogP) is 3.33. The number of carboxylic acids is 2. The van der Waals surface area contributed by atoms with Crippen LogP contribution < -0.4 is 10.6 Å². The molecule has 0 saturated heterocycles. The lowest BCUT2D eigenvalue weighted by Crippen LogP contribution is -2.23. The maximum atomic E-state index is 12.7. The van der Waals surface area contributed by atoms with E-state index in [1.807, 2.05) is 0 Å². The van der Waals surface area contributed by atoms with Crippen LogP contribution in [0.4, 0.5) is 5.69 Å². The first-order chi connectivity index (χ1) is 19.6. The molecule has 0 spiro atoms. The molecule has 0 atom stereocenters. The van der Waals surface area contributed by atoms with Crippen LogP contribution in [0.25, 0.3) is 22.8 Å². The number of carbonyl (C=O) groups is 3. The predicted molar refractivity (Wildman–Crippen MR) is 143 cm³/mol. The van der Waals surface area contributed by atoms with Gasteiger partial charge in [0.1, 0.15) is 34.0 Å². The minimum atomic E-state index is -1.30. The first-order valence-electron chi connectivity index (χ1n) is 11.8. The van der Waals surface area contributed by atoms with Gasteiger partial charge in [-0.05, 0) is 43.3 Å². The number of anilines is 1. The summed E-state index contributed by atoms with van der Waals surface area (Å²) in [5, 5.41) is 55.2. The van der Waals surface area contributed by atoms with E-state index in [1.54, 1.807) is 6.92 Å². The molecule has 0 aliphatic rings. The number of aromatic nitrogens is 4. The molecule has 4 rings (SSSR count). The van der Waals surface area contributed by atoms with E-state index in [2.05, 4.69) is 31.0 Å². The maximum absolute atomic E-state index is 12.7. The number of aromatic carboxylic acids is 2. The van der Waals surface area contributed by atoms with Gasteiger partial charge in [-0.2, -0.15) is 5.11 Å². The summed E-state index contributed by atoms with van der Waals surface area (Å²) in [6.45, 7) is 2.09. The fraction of sp³-hybridized carbons (Fsp3) is 0.0769. The lowest BCUT2D eigenvalue weighted by atomic mass is 10.1. The monoisotopic (exact) mass is 558 g/mol. The molecule has 2 aromatic carbocycles. The summed E-state index contributed by atoms with van der Waals surface area (Å²) in [7, 11) is 0. The smallest absolute Gasteiger partial charge is 0.339 e. The van der Waals surface area contributed by atoms with Gasteiger partial charge in [-0.1, -0.05) is 5.21 Å². The van der Waals surface area contributed by atoms with Crippen molar-refractivity contribution in [2.24, 2.45) is 5.11 Å². The number of carbonyl (C=O) groups excluding carboxylic acids is 1. The zero-order valence-electron chi connectivity index (χ0n) is 21.2. The van der Waals surface area contributed by atoms with Crippen LogP contribution >= 0.6 is 0 Å². The third kappa shape index (κ3) is 6.14. The molecule has 0 fully saturated rings. The van der Waals surface area contributed by atoms with Crippen molar-refractivity contribution < 1.29 is 34.8 Å². The maximum Gasteiger partial charge on any atom is 0.339 e. The van der Waals surface area contributed by atoms with Crippen LogP contribution in [-0.2, 0) is 0 Å². The zero-order valence-corrected chi connectivity index (χ0v) is 21.2. The number of phenols is 2. The number of nitrogens with one attached hydrogen (secondary N) is 3. The number of carboxylic acid groups (broad SMARTS) is 2. The Morgan fingerprint density at radius 3 is 2.27 bits per heavy atom. The van der Waals surface area contributed by atoms with Gasteiger partial charge in [0.25, 0.3) is 5.91 Å². The summed E-state index contributed by atoms with van der Waals surface area (Å²) < 4.78 is 1.28. The molecule has 41 heavy (non-hydrogen) atoms. The average Bonchev–Trinajstić information content (AvgIpc) is 3.43. The second-order valence-corrected chi connectivity index (χ2v) is 8.36. The van der Waals surface area contributed by atoms with Crippen molar-refractivity contribution in [1.29, 1.82) is 5.53 Å². The van der Waals surface area contributed by atoms with Crippen molar-refractivity contribution in [3.8, 4) is 28.6 Å². The van der Waals surface area contributed by atoms with Gasteiger partial charge in [0.15, 0.2) is 0 Å². The van der Waals surface area contributed by atoms with Gasteiger partial charge < -0.3 is 31.1 Å². The van der Waals surface area contributed by atoms with Gasteiger partial charge in [0, 0.05) is 36.1 Å². The molecule has 0 radical (unpaired) electrons. The molecular formula is C26H22N8O7. The van der Waals surface area contributed by atoms with E-state index in [9.17, 15) is 24.6 Å². The molecule has 15 heteroatoms. The largest absolute Gasteiger partial charge is 0.507 e. The van der Waals surface area contributed by atoms with Crippen molar-refractivity contribution in [3.05, 3.63) is 83.3 Å². The highest BCUT2D eigenvalue weighted by molar-refractivity contribution is 5.96. The fourth-order valence-electron chi connectivity index (χ4n) is 3.65. The lowest BCUT2D eigenvalue weighted by molar-refractivity contribution is 0.0682. The lowest BCUT2D eigenvalue weighted by Gasteiger charge is -2.09. The zero-order chi connectivity index (χ0) is 29.7. The van der Waals surface area contributed by atoms with E-state index in [1.165, 1.54) is 65.6 Å². The van der Waals surface area contributed by atoms with Gasteiger partial charge in [-0.3, -0.25) is 4.79 Å². The molecular weight excluding hydrogens is 536 g/mol. The number of amides is 1. The number of benzene rings is 2. The van der Waals surface area contributed by atoms with Gasteiger partial charge in [0.05, 0.1) is 23.3 Å². The van der Waals surface area contributed by atoms with E-state index in [-0.39, 0.29) is 39.5 Å². The number of hydrogen-bond acceptors (Lipinski definition) is 11. The molecule has 0 aliphatic carbocycles. The summed E-state index contributed by atoms with van der Waals surface area (Å²) >= 11 is 0. The number of pyridine rings is 1. The molecule has 0 unspecified atom stereocenters. The number of rotatable bonds is 10. The minimum absolute atomic E-state index is 0.0132. The molecule has 2 heterocycles. The first-order valence-corrected chi connectivity index (χ1v) is 11.8. The third-order valence-electron chi connectivity index (χ3n) is 5.64. The normalized spacial score (nSPS) is 11.1. The second-order valence-electron chi connectivity index (χ2n) is 8.36.